The van der Waals surface area contributed by atoms with Crippen LogP contribution in [0.5, 0.6) is 5.75 Å². The van der Waals surface area contributed by atoms with E-state index in [4.69, 9.17) is 20.8 Å². The molecular formula is C16H15ClN2O4. The summed E-state index contributed by atoms with van der Waals surface area (Å²) in [5.41, 5.74) is -1.19. The Morgan fingerprint density at radius 1 is 1.26 bits per heavy atom. The molecule has 1 atom stereocenters. The number of nitrogens with one attached hydrogen (secondary N) is 1. The summed E-state index contributed by atoms with van der Waals surface area (Å²) < 4.78 is 10.8. The van der Waals surface area contributed by atoms with E-state index in [-0.39, 0.29) is 19.1 Å². The SMILES string of the molecule is C[C@@]1(c2ccco2)NC(=O)N(CCOc2ccccc2Cl)C1=O. The highest BCUT2D eigenvalue weighted by molar-refractivity contribution is 6.32. The third-order valence-electron chi connectivity index (χ3n) is 3.70. The summed E-state index contributed by atoms with van der Waals surface area (Å²) in [7, 11) is 0. The fourth-order valence-corrected chi connectivity index (χ4v) is 2.63. The van der Waals surface area contributed by atoms with Gasteiger partial charge in [0.15, 0.2) is 5.54 Å². The van der Waals surface area contributed by atoms with E-state index in [1.807, 2.05) is 0 Å². The Balaban J connectivity index is 1.66. The second-order valence-corrected chi connectivity index (χ2v) is 5.68. The van der Waals surface area contributed by atoms with Gasteiger partial charge in [-0.25, -0.2) is 4.79 Å². The molecule has 1 aromatic carbocycles. The fourth-order valence-electron chi connectivity index (χ4n) is 2.44. The van der Waals surface area contributed by atoms with Crippen LogP contribution in [0.25, 0.3) is 0 Å². The summed E-state index contributed by atoms with van der Waals surface area (Å²) in [6.45, 7) is 1.88. The monoisotopic (exact) mass is 334 g/mol. The first-order chi connectivity index (χ1) is 11.0. The number of benzene rings is 1. The second-order valence-electron chi connectivity index (χ2n) is 5.27. The van der Waals surface area contributed by atoms with E-state index < -0.39 is 11.6 Å². The van der Waals surface area contributed by atoms with Crippen molar-refractivity contribution in [3.05, 3.63) is 53.4 Å². The highest BCUT2D eigenvalue weighted by atomic mass is 35.5. The molecule has 3 rings (SSSR count). The Morgan fingerprint density at radius 2 is 2.04 bits per heavy atom. The van der Waals surface area contributed by atoms with Crippen LogP contribution in [-0.2, 0) is 10.3 Å². The number of para-hydroxylation sites is 1. The van der Waals surface area contributed by atoms with Crippen LogP contribution in [0.1, 0.15) is 12.7 Å². The molecule has 1 aromatic heterocycles. The number of halogens is 1. The molecule has 23 heavy (non-hydrogen) atoms. The first kappa shape index (κ1) is 15.4. The molecule has 1 N–H and O–H groups in total. The molecule has 0 spiro atoms. The molecule has 2 heterocycles. The average Bonchev–Trinajstić information content (AvgIpc) is 3.13. The zero-order valence-electron chi connectivity index (χ0n) is 12.4. The van der Waals surface area contributed by atoms with Gasteiger partial charge in [-0.15, -0.1) is 0 Å². The summed E-state index contributed by atoms with van der Waals surface area (Å²) in [5, 5.41) is 3.13. The highest BCUT2D eigenvalue weighted by Gasteiger charge is 2.50. The minimum Gasteiger partial charge on any atom is -0.490 e. The van der Waals surface area contributed by atoms with Crippen LogP contribution in [-0.4, -0.2) is 30.0 Å². The van der Waals surface area contributed by atoms with Gasteiger partial charge in [0, 0.05) is 0 Å². The van der Waals surface area contributed by atoms with Crippen LogP contribution in [0.4, 0.5) is 4.79 Å². The van der Waals surface area contributed by atoms with Gasteiger partial charge in [-0.05, 0) is 31.2 Å². The largest absolute Gasteiger partial charge is 0.490 e. The minimum atomic E-state index is -1.19. The van der Waals surface area contributed by atoms with Crippen molar-refractivity contribution in [1.29, 1.82) is 0 Å². The number of hydrogen-bond acceptors (Lipinski definition) is 4. The first-order valence-electron chi connectivity index (χ1n) is 7.08. The van der Waals surface area contributed by atoms with E-state index in [1.54, 1.807) is 43.3 Å². The van der Waals surface area contributed by atoms with Gasteiger partial charge in [-0.1, -0.05) is 23.7 Å². The number of imide groups is 1. The lowest BCUT2D eigenvalue weighted by atomic mass is 9.99. The summed E-state index contributed by atoms with van der Waals surface area (Å²) >= 11 is 5.99. The van der Waals surface area contributed by atoms with Crippen molar-refractivity contribution in [2.45, 2.75) is 12.5 Å². The lowest BCUT2D eigenvalue weighted by Crippen LogP contribution is -2.41. The van der Waals surface area contributed by atoms with E-state index >= 15 is 0 Å². The van der Waals surface area contributed by atoms with Crippen molar-refractivity contribution in [3.8, 4) is 5.75 Å². The number of furan rings is 1. The van der Waals surface area contributed by atoms with Gasteiger partial charge < -0.3 is 14.5 Å². The standard InChI is InChI=1S/C16H15ClN2O4/c1-16(13-7-4-9-23-13)14(20)19(15(21)18-16)8-10-22-12-6-3-2-5-11(12)17/h2-7,9H,8,10H2,1H3,(H,18,21)/t16-/m0/s1. The predicted molar refractivity (Wildman–Crippen MR) is 83.3 cm³/mol. The van der Waals surface area contributed by atoms with Crippen LogP contribution >= 0.6 is 11.6 Å². The molecule has 0 aliphatic carbocycles. The zero-order chi connectivity index (χ0) is 16.4. The molecule has 1 fully saturated rings. The average molecular weight is 335 g/mol. The summed E-state index contributed by atoms with van der Waals surface area (Å²) in [5.74, 6) is 0.528. The van der Waals surface area contributed by atoms with Crippen LogP contribution < -0.4 is 10.1 Å². The Morgan fingerprint density at radius 3 is 2.74 bits per heavy atom. The third kappa shape index (κ3) is 2.77. The topological polar surface area (TPSA) is 71.8 Å². The molecule has 1 aliphatic heterocycles. The van der Waals surface area contributed by atoms with Crippen molar-refractivity contribution >= 4 is 23.5 Å². The predicted octanol–water partition coefficient (Wildman–Crippen LogP) is 2.78. The fraction of sp³-hybridized carbons (Fsp3) is 0.250. The zero-order valence-corrected chi connectivity index (χ0v) is 13.2. The smallest absolute Gasteiger partial charge is 0.325 e. The molecule has 1 saturated heterocycles. The van der Waals surface area contributed by atoms with E-state index in [1.165, 1.54) is 6.26 Å². The maximum absolute atomic E-state index is 12.5. The third-order valence-corrected chi connectivity index (χ3v) is 4.01. The van der Waals surface area contributed by atoms with Crippen LogP contribution in [0, 0.1) is 0 Å². The van der Waals surface area contributed by atoms with Gasteiger partial charge in [0.2, 0.25) is 0 Å². The van der Waals surface area contributed by atoms with E-state index in [9.17, 15) is 9.59 Å². The van der Waals surface area contributed by atoms with E-state index in [0.717, 1.165) is 4.90 Å². The molecular weight excluding hydrogens is 320 g/mol. The molecule has 0 radical (unpaired) electrons. The van der Waals surface area contributed by atoms with Gasteiger partial charge in [-0.2, -0.15) is 0 Å². The number of urea groups is 1. The molecule has 7 heteroatoms. The quantitative estimate of drug-likeness (QED) is 0.853. The maximum atomic E-state index is 12.5. The number of carbonyl (C=O) groups excluding carboxylic acids is 2. The van der Waals surface area contributed by atoms with Crippen LogP contribution in [0.15, 0.2) is 47.1 Å². The van der Waals surface area contributed by atoms with Gasteiger partial charge in [0.1, 0.15) is 18.1 Å². The molecule has 1 aliphatic rings. The van der Waals surface area contributed by atoms with Crippen molar-refractivity contribution in [3.63, 3.8) is 0 Å². The second kappa shape index (κ2) is 5.96. The number of nitrogens with zero attached hydrogens (tertiary/aromatic N) is 1. The van der Waals surface area contributed by atoms with Gasteiger partial charge in [0.25, 0.3) is 5.91 Å². The molecule has 3 amide bonds. The molecule has 2 aromatic rings. The van der Waals surface area contributed by atoms with E-state index in [2.05, 4.69) is 5.32 Å². The number of amides is 3. The Bertz CT molecular complexity index is 731. The molecule has 0 bridgehead atoms. The van der Waals surface area contributed by atoms with Crippen LogP contribution in [0.3, 0.4) is 0 Å². The molecule has 6 nitrogen and oxygen atoms in total. The van der Waals surface area contributed by atoms with Crippen molar-refractivity contribution in [2.24, 2.45) is 0 Å². The summed E-state index contributed by atoms with van der Waals surface area (Å²) in [4.78, 5) is 25.7. The molecule has 120 valence electrons. The Labute approximate surface area is 138 Å². The minimum absolute atomic E-state index is 0.117. The Hall–Kier alpha value is -2.47. The number of rotatable bonds is 5. The van der Waals surface area contributed by atoms with Crippen LogP contribution in [0.2, 0.25) is 5.02 Å². The van der Waals surface area contributed by atoms with Gasteiger partial charge >= 0.3 is 6.03 Å². The van der Waals surface area contributed by atoms with Crippen molar-refractivity contribution in [1.82, 2.24) is 10.2 Å². The first-order valence-corrected chi connectivity index (χ1v) is 7.45. The van der Waals surface area contributed by atoms with Gasteiger partial charge in [0.05, 0.1) is 17.8 Å². The van der Waals surface area contributed by atoms with Gasteiger partial charge in [-0.3, -0.25) is 9.69 Å². The van der Waals surface area contributed by atoms with Crippen molar-refractivity contribution in [2.75, 3.05) is 13.2 Å². The highest BCUT2D eigenvalue weighted by Crippen LogP contribution is 2.29. The Kier molecular flexibility index (Phi) is 4.00. The number of carbonyl (C=O) groups is 2. The molecule has 0 saturated carbocycles. The maximum Gasteiger partial charge on any atom is 0.325 e. The normalized spacial score (nSPS) is 20.7. The van der Waals surface area contributed by atoms with E-state index in [0.29, 0.717) is 16.5 Å². The molecule has 0 unspecified atom stereocenters. The lowest BCUT2D eigenvalue weighted by Gasteiger charge is -2.19. The lowest BCUT2D eigenvalue weighted by molar-refractivity contribution is -0.131. The number of ether oxygens (including phenoxy) is 1. The number of hydrogen-bond donors (Lipinski definition) is 1. The summed E-state index contributed by atoms with van der Waals surface area (Å²) in [6.07, 6.45) is 1.46. The summed E-state index contributed by atoms with van der Waals surface area (Å²) in [6, 6.07) is 9.87. The van der Waals surface area contributed by atoms with Crippen molar-refractivity contribution < 1.29 is 18.7 Å².